The van der Waals surface area contributed by atoms with Crippen LogP contribution in [0.1, 0.15) is 29.8 Å². The number of aromatic nitrogens is 3. The highest BCUT2D eigenvalue weighted by molar-refractivity contribution is 6.31. The largest absolute Gasteiger partial charge is 0.369 e. The molecule has 7 heteroatoms. The molecule has 0 unspecified atom stereocenters. The number of nitrogens with zero attached hydrogens (tertiary/aromatic N) is 4. The van der Waals surface area contributed by atoms with Crippen molar-refractivity contribution in [3.05, 3.63) is 82.6 Å². The predicted octanol–water partition coefficient (Wildman–Crippen LogP) is 3.03. The number of benzene rings is 2. The fraction of sp³-hybridized carbons (Fsp3) is 0.250. The molecule has 0 spiro atoms. The van der Waals surface area contributed by atoms with Crippen molar-refractivity contribution in [1.82, 2.24) is 19.9 Å². The SMILES string of the molecule is C[C@H](c1ccccc1)N(CC(N)=O)Cc1cn(Cc2ccccc2Cl)nn1. The Labute approximate surface area is 163 Å². The highest BCUT2D eigenvalue weighted by atomic mass is 35.5. The van der Waals surface area contributed by atoms with Crippen LogP contribution in [0.4, 0.5) is 0 Å². The Hall–Kier alpha value is -2.70. The second kappa shape index (κ2) is 8.79. The third-order valence-corrected chi connectivity index (χ3v) is 4.80. The molecule has 0 fully saturated rings. The summed E-state index contributed by atoms with van der Waals surface area (Å²) < 4.78 is 1.74. The van der Waals surface area contributed by atoms with Crippen molar-refractivity contribution in [2.24, 2.45) is 5.73 Å². The number of nitrogens with two attached hydrogens (primary N) is 1. The average Bonchev–Trinajstić information content (AvgIpc) is 3.10. The van der Waals surface area contributed by atoms with Crippen LogP contribution in [0.15, 0.2) is 60.8 Å². The number of hydrogen-bond donors (Lipinski definition) is 1. The Kier molecular flexibility index (Phi) is 6.21. The van der Waals surface area contributed by atoms with Crippen molar-refractivity contribution in [1.29, 1.82) is 0 Å². The normalized spacial score (nSPS) is 12.3. The van der Waals surface area contributed by atoms with Gasteiger partial charge in [0.25, 0.3) is 0 Å². The maximum absolute atomic E-state index is 11.5. The highest BCUT2D eigenvalue weighted by Crippen LogP contribution is 2.21. The number of halogens is 1. The minimum absolute atomic E-state index is 0.0208. The van der Waals surface area contributed by atoms with Gasteiger partial charge in [-0.15, -0.1) is 5.10 Å². The molecular formula is C20H22ClN5O. The third kappa shape index (κ3) is 5.15. The quantitative estimate of drug-likeness (QED) is 0.648. The Bertz CT molecular complexity index is 896. The van der Waals surface area contributed by atoms with E-state index in [1.165, 1.54) is 0 Å². The Morgan fingerprint density at radius 2 is 1.89 bits per heavy atom. The van der Waals surface area contributed by atoms with Gasteiger partial charge in [0.1, 0.15) is 0 Å². The summed E-state index contributed by atoms with van der Waals surface area (Å²) in [5.74, 6) is -0.374. The molecule has 0 aliphatic rings. The van der Waals surface area contributed by atoms with Gasteiger partial charge in [-0.2, -0.15) is 0 Å². The molecule has 0 radical (unpaired) electrons. The second-order valence-electron chi connectivity index (χ2n) is 6.46. The van der Waals surface area contributed by atoms with E-state index in [9.17, 15) is 4.79 Å². The fourth-order valence-electron chi connectivity index (χ4n) is 2.97. The summed E-state index contributed by atoms with van der Waals surface area (Å²) in [6.45, 7) is 3.21. The Balaban J connectivity index is 1.73. The van der Waals surface area contributed by atoms with E-state index in [0.29, 0.717) is 18.1 Å². The van der Waals surface area contributed by atoms with Gasteiger partial charge in [-0.1, -0.05) is 65.3 Å². The van der Waals surface area contributed by atoms with Gasteiger partial charge in [0.2, 0.25) is 5.91 Å². The zero-order valence-corrected chi connectivity index (χ0v) is 15.9. The first-order valence-electron chi connectivity index (χ1n) is 8.72. The molecule has 0 bridgehead atoms. The van der Waals surface area contributed by atoms with Gasteiger partial charge in [-0.3, -0.25) is 9.69 Å². The lowest BCUT2D eigenvalue weighted by Gasteiger charge is -2.27. The number of primary amides is 1. The molecule has 1 heterocycles. The highest BCUT2D eigenvalue weighted by Gasteiger charge is 2.19. The van der Waals surface area contributed by atoms with Crippen LogP contribution in [0.2, 0.25) is 5.02 Å². The fourth-order valence-corrected chi connectivity index (χ4v) is 3.17. The molecule has 1 aromatic heterocycles. The van der Waals surface area contributed by atoms with E-state index >= 15 is 0 Å². The molecule has 3 aromatic rings. The topological polar surface area (TPSA) is 77.0 Å². The first-order chi connectivity index (χ1) is 13.0. The summed E-state index contributed by atoms with van der Waals surface area (Å²) in [5, 5.41) is 9.12. The Morgan fingerprint density at radius 3 is 2.59 bits per heavy atom. The zero-order valence-electron chi connectivity index (χ0n) is 15.1. The summed E-state index contributed by atoms with van der Waals surface area (Å²) in [6.07, 6.45) is 1.87. The number of amides is 1. The molecular weight excluding hydrogens is 362 g/mol. The van der Waals surface area contributed by atoms with Gasteiger partial charge in [0.05, 0.1) is 25.0 Å². The van der Waals surface area contributed by atoms with Crippen molar-refractivity contribution in [3.8, 4) is 0 Å². The maximum atomic E-state index is 11.5. The van der Waals surface area contributed by atoms with Crippen LogP contribution in [0, 0.1) is 0 Å². The van der Waals surface area contributed by atoms with E-state index in [1.807, 2.05) is 72.6 Å². The van der Waals surface area contributed by atoms with Gasteiger partial charge in [-0.25, -0.2) is 4.68 Å². The molecule has 1 atom stereocenters. The molecule has 2 N–H and O–H groups in total. The van der Waals surface area contributed by atoms with Crippen molar-refractivity contribution < 1.29 is 4.79 Å². The molecule has 1 amide bonds. The van der Waals surface area contributed by atoms with E-state index in [4.69, 9.17) is 17.3 Å². The van der Waals surface area contributed by atoms with Crippen LogP contribution in [-0.4, -0.2) is 32.3 Å². The lowest BCUT2D eigenvalue weighted by molar-refractivity contribution is -0.119. The molecule has 6 nitrogen and oxygen atoms in total. The van der Waals surface area contributed by atoms with Crippen LogP contribution in [0.5, 0.6) is 0 Å². The van der Waals surface area contributed by atoms with Crippen LogP contribution in [-0.2, 0) is 17.9 Å². The van der Waals surface area contributed by atoms with Crippen LogP contribution < -0.4 is 5.73 Å². The standard InChI is InChI=1S/C20H22ClN5O/c1-15(16-7-3-2-4-8-16)25(14-20(22)27)12-18-13-26(24-23-18)11-17-9-5-6-10-19(17)21/h2-10,13,15H,11-12,14H2,1H3,(H2,22,27)/t15-/m1/s1. The molecule has 0 aliphatic carbocycles. The van der Waals surface area contributed by atoms with Crippen molar-refractivity contribution in [2.75, 3.05) is 6.54 Å². The van der Waals surface area contributed by atoms with Crippen molar-refractivity contribution in [3.63, 3.8) is 0 Å². The smallest absolute Gasteiger partial charge is 0.231 e. The summed E-state index contributed by atoms with van der Waals surface area (Å²) >= 11 is 6.21. The van der Waals surface area contributed by atoms with E-state index in [0.717, 1.165) is 16.8 Å². The average molecular weight is 384 g/mol. The summed E-state index contributed by atoms with van der Waals surface area (Å²) in [5.41, 5.74) is 8.31. The number of carbonyl (C=O) groups is 1. The van der Waals surface area contributed by atoms with E-state index in [-0.39, 0.29) is 18.5 Å². The van der Waals surface area contributed by atoms with Crippen LogP contribution in [0.25, 0.3) is 0 Å². The van der Waals surface area contributed by atoms with Gasteiger partial charge < -0.3 is 5.73 Å². The van der Waals surface area contributed by atoms with Gasteiger partial charge in [0.15, 0.2) is 0 Å². The summed E-state index contributed by atoms with van der Waals surface area (Å²) in [7, 11) is 0. The van der Waals surface area contributed by atoms with Crippen LogP contribution in [0.3, 0.4) is 0 Å². The minimum atomic E-state index is -0.374. The lowest BCUT2D eigenvalue weighted by atomic mass is 10.1. The van der Waals surface area contributed by atoms with Crippen molar-refractivity contribution >= 4 is 17.5 Å². The predicted molar refractivity (Wildman–Crippen MR) is 105 cm³/mol. The zero-order chi connectivity index (χ0) is 19.2. The first-order valence-corrected chi connectivity index (χ1v) is 9.10. The molecule has 0 aliphatic heterocycles. The van der Waals surface area contributed by atoms with Gasteiger partial charge >= 0.3 is 0 Å². The summed E-state index contributed by atoms with van der Waals surface area (Å²) in [4.78, 5) is 13.5. The lowest BCUT2D eigenvalue weighted by Crippen LogP contribution is -2.35. The monoisotopic (exact) mass is 383 g/mol. The molecule has 27 heavy (non-hydrogen) atoms. The third-order valence-electron chi connectivity index (χ3n) is 4.43. The van der Waals surface area contributed by atoms with E-state index < -0.39 is 0 Å². The molecule has 0 saturated heterocycles. The minimum Gasteiger partial charge on any atom is -0.369 e. The summed E-state index contributed by atoms with van der Waals surface area (Å²) in [6, 6.07) is 17.7. The Morgan fingerprint density at radius 1 is 1.19 bits per heavy atom. The van der Waals surface area contributed by atoms with Gasteiger partial charge in [-0.05, 0) is 24.1 Å². The second-order valence-corrected chi connectivity index (χ2v) is 6.86. The molecule has 2 aromatic carbocycles. The van der Waals surface area contributed by atoms with Gasteiger partial charge in [0, 0.05) is 17.6 Å². The van der Waals surface area contributed by atoms with E-state index in [2.05, 4.69) is 10.3 Å². The number of hydrogen-bond acceptors (Lipinski definition) is 4. The maximum Gasteiger partial charge on any atom is 0.231 e. The first kappa shape index (κ1) is 19.1. The molecule has 3 rings (SSSR count). The van der Waals surface area contributed by atoms with Crippen molar-refractivity contribution in [2.45, 2.75) is 26.1 Å². The van der Waals surface area contributed by atoms with E-state index in [1.54, 1.807) is 4.68 Å². The van der Waals surface area contributed by atoms with Crippen LogP contribution >= 0.6 is 11.6 Å². The number of rotatable bonds is 8. The molecule has 140 valence electrons. The number of carbonyl (C=O) groups excluding carboxylic acids is 1. The molecule has 0 saturated carbocycles.